The highest BCUT2D eigenvalue weighted by atomic mass is 79.9. The molecule has 0 aliphatic rings. The van der Waals surface area contributed by atoms with Crippen LogP contribution in [-0.4, -0.2) is 18.0 Å². The highest BCUT2D eigenvalue weighted by Gasteiger charge is 2.11. The molecule has 0 fully saturated rings. The number of carbonyl (C=O) groups excluding carboxylic acids is 1. The molecule has 5 nitrogen and oxygen atoms in total. The Labute approximate surface area is 160 Å². The topological polar surface area (TPSA) is 60.5 Å². The standard InChI is InChI=1S/C20H17BrN2O3/c1-13-6-8-18(25-2)17(10-13)23-20(24)14-7-9-19(22-12-14)26-16-5-3-4-15(21)11-16/h3-12H,1-2H3,(H,23,24). The van der Waals surface area contributed by atoms with Crippen molar-refractivity contribution >= 4 is 27.5 Å². The summed E-state index contributed by atoms with van der Waals surface area (Å²) in [5, 5.41) is 2.84. The van der Waals surface area contributed by atoms with Gasteiger partial charge in [-0.25, -0.2) is 4.98 Å². The van der Waals surface area contributed by atoms with Crippen molar-refractivity contribution in [3.05, 3.63) is 76.4 Å². The second-order valence-electron chi connectivity index (χ2n) is 5.60. The molecule has 3 rings (SSSR count). The van der Waals surface area contributed by atoms with E-state index < -0.39 is 0 Å². The van der Waals surface area contributed by atoms with Gasteiger partial charge in [-0.3, -0.25) is 4.79 Å². The number of carbonyl (C=O) groups is 1. The molecule has 0 aliphatic carbocycles. The van der Waals surface area contributed by atoms with Crippen LogP contribution in [0.1, 0.15) is 15.9 Å². The van der Waals surface area contributed by atoms with Crippen molar-refractivity contribution in [1.29, 1.82) is 0 Å². The summed E-state index contributed by atoms with van der Waals surface area (Å²) in [5.41, 5.74) is 2.07. The van der Waals surface area contributed by atoms with E-state index in [9.17, 15) is 4.79 Å². The number of anilines is 1. The Morgan fingerprint density at radius 3 is 2.65 bits per heavy atom. The van der Waals surface area contributed by atoms with Gasteiger partial charge in [0.2, 0.25) is 5.88 Å². The predicted octanol–water partition coefficient (Wildman–Crippen LogP) is 5.21. The third-order valence-corrected chi connectivity index (χ3v) is 4.11. The van der Waals surface area contributed by atoms with Crippen LogP contribution in [0.25, 0.3) is 0 Å². The Balaban J connectivity index is 1.72. The zero-order valence-electron chi connectivity index (χ0n) is 14.3. The van der Waals surface area contributed by atoms with E-state index in [0.717, 1.165) is 10.0 Å². The van der Waals surface area contributed by atoms with Gasteiger partial charge in [-0.15, -0.1) is 0 Å². The first-order valence-corrected chi connectivity index (χ1v) is 8.70. The number of aromatic nitrogens is 1. The quantitative estimate of drug-likeness (QED) is 0.624. The summed E-state index contributed by atoms with van der Waals surface area (Å²) in [6.45, 7) is 1.95. The molecule has 0 aliphatic heterocycles. The van der Waals surface area contributed by atoms with Crippen molar-refractivity contribution in [1.82, 2.24) is 4.98 Å². The third kappa shape index (κ3) is 4.40. The van der Waals surface area contributed by atoms with Gasteiger partial charge in [0.1, 0.15) is 11.5 Å². The Hall–Kier alpha value is -2.86. The fourth-order valence-corrected chi connectivity index (χ4v) is 2.72. The summed E-state index contributed by atoms with van der Waals surface area (Å²) < 4.78 is 11.9. The highest BCUT2D eigenvalue weighted by Crippen LogP contribution is 2.26. The molecule has 132 valence electrons. The maximum atomic E-state index is 12.5. The predicted molar refractivity (Wildman–Crippen MR) is 104 cm³/mol. The van der Waals surface area contributed by atoms with Crippen LogP contribution in [0, 0.1) is 6.92 Å². The summed E-state index contributed by atoms with van der Waals surface area (Å²) >= 11 is 3.39. The smallest absolute Gasteiger partial charge is 0.257 e. The molecule has 1 amide bonds. The number of methoxy groups -OCH3 is 1. The number of halogens is 1. The second-order valence-corrected chi connectivity index (χ2v) is 6.52. The first kappa shape index (κ1) is 17.9. The third-order valence-electron chi connectivity index (χ3n) is 3.62. The maximum Gasteiger partial charge on any atom is 0.257 e. The van der Waals surface area contributed by atoms with E-state index in [1.165, 1.54) is 6.20 Å². The molecule has 6 heteroatoms. The summed E-state index contributed by atoms with van der Waals surface area (Å²) in [7, 11) is 1.57. The summed E-state index contributed by atoms with van der Waals surface area (Å²) in [4.78, 5) is 16.7. The van der Waals surface area contributed by atoms with Gasteiger partial charge in [-0.1, -0.05) is 28.1 Å². The van der Waals surface area contributed by atoms with E-state index in [1.54, 1.807) is 19.2 Å². The number of rotatable bonds is 5. The van der Waals surface area contributed by atoms with Gasteiger partial charge < -0.3 is 14.8 Å². The molecule has 1 N–H and O–H groups in total. The van der Waals surface area contributed by atoms with E-state index >= 15 is 0 Å². The fourth-order valence-electron chi connectivity index (χ4n) is 2.34. The van der Waals surface area contributed by atoms with Crippen molar-refractivity contribution in [3.8, 4) is 17.4 Å². The van der Waals surface area contributed by atoms with Crippen molar-refractivity contribution < 1.29 is 14.3 Å². The van der Waals surface area contributed by atoms with Gasteiger partial charge in [0.05, 0.1) is 18.4 Å². The molecule has 2 aromatic carbocycles. The molecule has 0 atom stereocenters. The minimum Gasteiger partial charge on any atom is -0.495 e. The van der Waals surface area contributed by atoms with Crippen molar-refractivity contribution in [3.63, 3.8) is 0 Å². The van der Waals surface area contributed by atoms with Crippen LogP contribution in [0.15, 0.2) is 65.3 Å². The van der Waals surface area contributed by atoms with Crippen LogP contribution in [0.5, 0.6) is 17.4 Å². The van der Waals surface area contributed by atoms with Crippen LogP contribution in [-0.2, 0) is 0 Å². The lowest BCUT2D eigenvalue weighted by molar-refractivity contribution is 0.102. The zero-order chi connectivity index (χ0) is 18.5. The number of aryl methyl sites for hydroxylation is 1. The van der Waals surface area contributed by atoms with Gasteiger partial charge >= 0.3 is 0 Å². The van der Waals surface area contributed by atoms with Gasteiger partial charge in [-0.05, 0) is 48.9 Å². The SMILES string of the molecule is COc1ccc(C)cc1NC(=O)c1ccc(Oc2cccc(Br)c2)nc1. The lowest BCUT2D eigenvalue weighted by Gasteiger charge is -2.11. The molecule has 1 heterocycles. The van der Waals surface area contributed by atoms with Crippen molar-refractivity contribution in [2.24, 2.45) is 0 Å². The van der Waals surface area contributed by atoms with E-state index in [-0.39, 0.29) is 5.91 Å². The maximum absolute atomic E-state index is 12.5. The molecule has 0 saturated heterocycles. The minimum atomic E-state index is -0.268. The number of nitrogens with one attached hydrogen (secondary N) is 1. The number of pyridine rings is 1. The number of nitrogens with zero attached hydrogens (tertiary/aromatic N) is 1. The lowest BCUT2D eigenvalue weighted by Crippen LogP contribution is -2.13. The number of benzene rings is 2. The summed E-state index contributed by atoms with van der Waals surface area (Å²) in [6.07, 6.45) is 1.48. The van der Waals surface area contributed by atoms with Crippen LogP contribution >= 0.6 is 15.9 Å². The Morgan fingerprint density at radius 2 is 1.96 bits per heavy atom. The summed E-state index contributed by atoms with van der Waals surface area (Å²) in [5.74, 6) is 1.41. The Kier molecular flexibility index (Phi) is 5.53. The number of hydrogen-bond acceptors (Lipinski definition) is 4. The average Bonchev–Trinajstić information content (AvgIpc) is 2.62. The molecule has 0 bridgehead atoms. The fraction of sp³-hybridized carbons (Fsp3) is 0.100. The normalized spacial score (nSPS) is 10.3. The monoisotopic (exact) mass is 412 g/mol. The molecule has 0 radical (unpaired) electrons. The van der Waals surface area contributed by atoms with E-state index in [0.29, 0.717) is 28.6 Å². The van der Waals surface area contributed by atoms with Crippen LogP contribution < -0.4 is 14.8 Å². The van der Waals surface area contributed by atoms with Crippen LogP contribution in [0.3, 0.4) is 0 Å². The average molecular weight is 413 g/mol. The molecular weight excluding hydrogens is 396 g/mol. The molecule has 1 aromatic heterocycles. The summed E-state index contributed by atoms with van der Waals surface area (Å²) in [6, 6.07) is 16.4. The van der Waals surface area contributed by atoms with Gasteiger partial charge in [-0.2, -0.15) is 0 Å². The number of ether oxygens (including phenoxy) is 2. The van der Waals surface area contributed by atoms with E-state index in [1.807, 2.05) is 49.4 Å². The van der Waals surface area contributed by atoms with E-state index in [4.69, 9.17) is 9.47 Å². The molecule has 0 unspecified atom stereocenters. The van der Waals surface area contributed by atoms with Crippen LogP contribution in [0.2, 0.25) is 0 Å². The Bertz CT molecular complexity index is 927. The minimum absolute atomic E-state index is 0.268. The molecular formula is C20H17BrN2O3. The largest absolute Gasteiger partial charge is 0.495 e. The van der Waals surface area contributed by atoms with Crippen molar-refractivity contribution in [2.75, 3.05) is 12.4 Å². The van der Waals surface area contributed by atoms with E-state index in [2.05, 4.69) is 26.2 Å². The first-order chi connectivity index (χ1) is 12.5. The molecule has 0 saturated carbocycles. The van der Waals surface area contributed by atoms with Crippen molar-refractivity contribution in [2.45, 2.75) is 6.92 Å². The number of amides is 1. The van der Waals surface area contributed by atoms with Gasteiger partial charge in [0.15, 0.2) is 0 Å². The number of hydrogen-bond donors (Lipinski definition) is 1. The molecule has 26 heavy (non-hydrogen) atoms. The molecule has 0 spiro atoms. The second kappa shape index (κ2) is 8.01. The first-order valence-electron chi connectivity index (χ1n) is 7.90. The molecule has 3 aromatic rings. The highest BCUT2D eigenvalue weighted by molar-refractivity contribution is 9.10. The zero-order valence-corrected chi connectivity index (χ0v) is 15.9. The Morgan fingerprint density at radius 1 is 1.12 bits per heavy atom. The van der Waals surface area contributed by atoms with Gasteiger partial charge in [0.25, 0.3) is 5.91 Å². The van der Waals surface area contributed by atoms with Crippen LogP contribution in [0.4, 0.5) is 5.69 Å². The lowest BCUT2D eigenvalue weighted by atomic mass is 10.2. The van der Waals surface area contributed by atoms with Gasteiger partial charge in [0, 0.05) is 16.7 Å².